The van der Waals surface area contributed by atoms with Crippen molar-refractivity contribution in [2.24, 2.45) is 0 Å². The Morgan fingerprint density at radius 2 is 1.80 bits per heavy atom. The van der Waals surface area contributed by atoms with Crippen molar-refractivity contribution < 1.29 is 19.2 Å². The first-order valence-corrected chi connectivity index (χ1v) is 10.9. The summed E-state index contributed by atoms with van der Waals surface area (Å²) in [5.74, 6) is 0.613. The van der Waals surface area contributed by atoms with Crippen LogP contribution < -0.4 is 9.47 Å². The lowest BCUT2D eigenvalue weighted by atomic mass is 10.0. The summed E-state index contributed by atoms with van der Waals surface area (Å²) in [6, 6.07) is 17.8. The van der Waals surface area contributed by atoms with Crippen molar-refractivity contribution in [2.45, 2.75) is 13.8 Å². The molecule has 0 saturated heterocycles. The fourth-order valence-electron chi connectivity index (χ4n) is 4.00. The normalized spacial score (nSPS) is 13.6. The Morgan fingerprint density at radius 3 is 2.51 bits per heavy atom. The Bertz CT molecular complexity index is 1520. The number of methoxy groups -OCH3 is 1. The second-order valence-electron chi connectivity index (χ2n) is 8.23. The quantitative estimate of drug-likeness (QED) is 0.213. The molecule has 1 aliphatic rings. The van der Waals surface area contributed by atoms with Gasteiger partial charge in [0, 0.05) is 23.4 Å². The number of hydrogen-bond acceptors (Lipinski definition) is 6. The van der Waals surface area contributed by atoms with Crippen molar-refractivity contribution in [2.75, 3.05) is 7.11 Å². The van der Waals surface area contributed by atoms with Crippen molar-refractivity contribution in [3.8, 4) is 28.4 Å². The Kier molecular flexibility index (Phi) is 5.41. The second-order valence-corrected chi connectivity index (χ2v) is 8.23. The van der Waals surface area contributed by atoms with Crippen LogP contribution in [-0.4, -0.2) is 27.6 Å². The van der Waals surface area contributed by atoms with Gasteiger partial charge in [0.05, 0.1) is 23.3 Å². The highest BCUT2D eigenvalue weighted by atomic mass is 16.6. The zero-order valence-corrected chi connectivity index (χ0v) is 19.3. The predicted octanol–water partition coefficient (Wildman–Crippen LogP) is 5.69. The molecule has 0 bridgehead atoms. The number of benzene rings is 3. The molecule has 4 aromatic rings. The van der Waals surface area contributed by atoms with Gasteiger partial charge in [-0.05, 0) is 67.4 Å². The van der Waals surface area contributed by atoms with Crippen molar-refractivity contribution in [3.63, 3.8) is 0 Å². The van der Waals surface area contributed by atoms with Gasteiger partial charge in [0.25, 0.3) is 0 Å². The maximum atomic E-state index is 13.1. The second kappa shape index (κ2) is 8.57. The molecule has 8 heteroatoms. The molecule has 8 nitrogen and oxygen atoms in total. The number of rotatable bonds is 5. The molecule has 0 aliphatic carbocycles. The van der Waals surface area contributed by atoms with Gasteiger partial charge in [0.1, 0.15) is 11.4 Å². The van der Waals surface area contributed by atoms with Crippen LogP contribution >= 0.6 is 0 Å². The summed E-state index contributed by atoms with van der Waals surface area (Å²) in [5.41, 5.74) is 4.72. The number of carbonyl (C=O) groups excluding carboxylic acids is 1. The first kappa shape index (κ1) is 22.1. The maximum Gasteiger partial charge on any atom is 0.311 e. The number of aryl methyl sites for hydroxylation is 2. The van der Waals surface area contributed by atoms with E-state index in [9.17, 15) is 14.9 Å². The van der Waals surface area contributed by atoms with Crippen molar-refractivity contribution in [1.29, 1.82) is 0 Å². The number of nitrogens with zero attached hydrogens (tertiary/aromatic N) is 3. The monoisotopic (exact) mass is 467 g/mol. The number of Topliss-reactive ketones (excluding diaryl/α,β-unsaturated/α-hetero) is 1. The zero-order chi connectivity index (χ0) is 24.7. The van der Waals surface area contributed by atoms with Gasteiger partial charge in [0.2, 0.25) is 5.78 Å². The van der Waals surface area contributed by atoms with E-state index in [1.165, 1.54) is 19.2 Å². The van der Waals surface area contributed by atoms with Crippen LogP contribution in [0.25, 0.3) is 23.0 Å². The number of ketones is 1. The lowest BCUT2D eigenvalue weighted by Gasteiger charge is -2.05. The van der Waals surface area contributed by atoms with E-state index in [1.54, 1.807) is 23.0 Å². The number of carbonyl (C=O) groups is 1. The molecule has 0 atom stereocenters. The van der Waals surface area contributed by atoms with E-state index in [0.717, 1.165) is 16.8 Å². The van der Waals surface area contributed by atoms with E-state index in [0.29, 0.717) is 28.1 Å². The minimum atomic E-state index is -0.500. The van der Waals surface area contributed by atoms with Crippen LogP contribution in [0, 0.1) is 24.0 Å². The number of hydrogen-bond donors (Lipinski definition) is 0. The Morgan fingerprint density at radius 1 is 1.06 bits per heavy atom. The fraction of sp³-hybridized carbons (Fsp3) is 0.111. The summed E-state index contributed by atoms with van der Waals surface area (Å²) < 4.78 is 12.7. The van der Waals surface area contributed by atoms with Crippen LogP contribution in [0.3, 0.4) is 0 Å². The molecule has 0 radical (unpaired) electrons. The third kappa shape index (κ3) is 3.95. The molecule has 0 unspecified atom stereocenters. The summed E-state index contributed by atoms with van der Waals surface area (Å²) in [5, 5.41) is 16.3. The standard InChI is InChI=1S/C27H21N3O5/c1-16-11-21-24(12-17(16)2)35-25(27(21)31)14-19-15-29(20-7-5-4-6-8-20)28-26(19)18-9-10-23(34-3)22(13-18)30(32)33/h4-15H,1-3H3/b25-14-. The molecular formula is C27H21N3O5. The van der Waals surface area contributed by atoms with Crippen molar-refractivity contribution in [1.82, 2.24) is 9.78 Å². The Labute approximate surface area is 201 Å². The summed E-state index contributed by atoms with van der Waals surface area (Å²) in [7, 11) is 1.38. The average Bonchev–Trinajstić information content (AvgIpc) is 3.41. The molecule has 2 heterocycles. The molecular weight excluding hydrogens is 446 g/mol. The summed E-state index contributed by atoms with van der Waals surface area (Å²) in [6.45, 7) is 3.91. The minimum Gasteiger partial charge on any atom is -0.490 e. The van der Waals surface area contributed by atoms with Crippen LogP contribution in [0.4, 0.5) is 5.69 Å². The van der Waals surface area contributed by atoms with E-state index < -0.39 is 4.92 Å². The SMILES string of the molecule is COc1ccc(-c2nn(-c3ccccc3)cc2/C=C2\Oc3cc(C)c(C)cc3C2=O)cc1[N+](=O)[O-]. The number of aromatic nitrogens is 2. The largest absolute Gasteiger partial charge is 0.490 e. The first-order chi connectivity index (χ1) is 16.9. The van der Waals surface area contributed by atoms with Crippen molar-refractivity contribution in [3.05, 3.63) is 105 Å². The van der Waals surface area contributed by atoms with Gasteiger partial charge in [-0.2, -0.15) is 5.10 Å². The van der Waals surface area contributed by atoms with Crippen molar-refractivity contribution >= 4 is 17.5 Å². The smallest absolute Gasteiger partial charge is 0.311 e. The minimum absolute atomic E-state index is 0.150. The molecule has 3 aromatic carbocycles. The maximum absolute atomic E-state index is 13.1. The topological polar surface area (TPSA) is 96.5 Å². The number of allylic oxidation sites excluding steroid dienone is 1. The van der Waals surface area contributed by atoms with Gasteiger partial charge in [-0.1, -0.05) is 18.2 Å². The number of nitro benzene ring substituents is 1. The Balaban J connectivity index is 1.65. The van der Waals surface area contributed by atoms with Crippen LogP contribution in [0.1, 0.15) is 27.0 Å². The molecule has 0 saturated carbocycles. The third-order valence-corrected chi connectivity index (χ3v) is 5.98. The summed E-state index contributed by atoms with van der Waals surface area (Å²) in [4.78, 5) is 24.2. The van der Waals surface area contributed by atoms with E-state index in [4.69, 9.17) is 14.6 Å². The highest BCUT2D eigenvalue weighted by Gasteiger charge is 2.29. The van der Waals surface area contributed by atoms with E-state index >= 15 is 0 Å². The number of para-hydroxylation sites is 1. The lowest BCUT2D eigenvalue weighted by molar-refractivity contribution is -0.385. The highest BCUT2D eigenvalue weighted by molar-refractivity contribution is 6.14. The molecule has 1 aromatic heterocycles. The van der Waals surface area contributed by atoms with E-state index in [-0.39, 0.29) is 23.0 Å². The molecule has 0 amide bonds. The van der Waals surface area contributed by atoms with Gasteiger partial charge in [-0.3, -0.25) is 14.9 Å². The number of ether oxygens (including phenoxy) is 2. The summed E-state index contributed by atoms with van der Waals surface area (Å²) in [6.07, 6.45) is 3.40. The third-order valence-electron chi connectivity index (χ3n) is 5.98. The molecule has 0 fully saturated rings. The number of nitro groups is 1. The average molecular weight is 467 g/mol. The highest BCUT2D eigenvalue weighted by Crippen LogP contribution is 2.37. The molecule has 5 rings (SSSR count). The van der Waals surface area contributed by atoms with E-state index in [2.05, 4.69) is 0 Å². The van der Waals surface area contributed by atoms with Crippen LogP contribution in [0.2, 0.25) is 0 Å². The van der Waals surface area contributed by atoms with Gasteiger partial charge in [0.15, 0.2) is 11.5 Å². The number of fused-ring (bicyclic) bond motifs is 1. The fourth-order valence-corrected chi connectivity index (χ4v) is 4.00. The van der Waals surface area contributed by atoms with Crippen LogP contribution in [0.15, 0.2) is 72.6 Å². The van der Waals surface area contributed by atoms with Gasteiger partial charge < -0.3 is 9.47 Å². The zero-order valence-electron chi connectivity index (χ0n) is 19.3. The first-order valence-electron chi connectivity index (χ1n) is 10.9. The molecule has 0 N–H and O–H groups in total. The van der Waals surface area contributed by atoms with Gasteiger partial charge >= 0.3 is 5.69 Å². The molecule has 35 heavy (non-hydrogen) atoms. The van der Waals surface area contributed by atoms with E-state index in [1.807, 2.05) is 56.3 Å². The van der Waals surface area contributed by atoms with Crippen LogP contribution in [-0.2, 0) is 0 Å². The lowest BCUT2D eigenvalue weighted by Crippen LogP contribution is -1.98. The van der Waals surface area contributed by atoms with Crippen LogP contribution in [0.5, 0.6) is 11.5 Å². The Hall–Kier alpha value is -4.72. The predicted molar refractivity (Wildman–Crippen MR) is 131 cm³/mol. The molecule has 174 valence electrons. The van der Waals surface area contributed by atoms with Gasteiger partial charge in [-0.25, -0.2) is 4.68 Å². The molecule has 1 aliphatic heterocycles. The molecule has 0 spiro atoms. The van der Waals surface area contributed by atoms with Gasteiger partial charge in [-0.15, -0.1) is 0 Å². The summed E-state index contributed by atoms with van der Waals surface area (Å²) >= 11 is 0.